The largest absolute Gasteiger partial charge is 0.497 e. The van der Waals surface area contributed by atoms with Crippen LogP contribution in [0.2, 0.25) is 0 Å². The molecule has 0 spiro atoms. The number of nitrogens with zero attached hydrogens (tertiary/aromatic N) is 2. The summed E-state index contributed by atoms with van der Waals surface area (Å²) >= 11 is 0. The summed E-state index contributed by atoms with van der Waals surface area (Å²) in [6.07, 6.45) is 3.43. The minimum Gasteiger partial charge on any atom is -0.497 e. The van der Waals surface area contributed by atoms with Gasteiger partial charge in [0.05, 0.1) is 25.1 Å². The number of aromatic nitrogens is 2. The lowest BCUT2D eigenvalue weighted by atomic mass is 10.2. The first-order chi connectivity index (χ1) is 9.51. The zero-order valence-electron chi connectivity index (χ0n) is 11.8. The van der Waals surface area contributed by atoms with E-state index < -0.39 is 0 Å². The summed E-state index contributed by atoms with van der Waals surface area (Å²) < 4.78 is 12.7. The number of amidine groups is 1. The number of nitrogens with one attached hydrogen (secondary N) is 1. The highest BCUT2D eigenvalue weighted by molar-refractivity contribution is 5.97. The van der Waals surface area contributed by atoms with E-state index in [2.05, 4.69) is 5.10 Å². The van der Waals surface area contributed by atoms with E-state index >= 15 is 0 Å². The molecular formula is C14H18N4O2. The third kappa shape index (κ3) is 2.90. The first kappa shape index (κ1) is 13.9. The van der Waals surface area contributed by atoms with Gasteiger partial charge >= 0.3 is 0 Å². The molecule has 106 valence electrons. The first-order valence-corrected chi connectivity index (χ1v) is 6.25. The minimum absolute atomic E-state index is 0.0566. The molecule has 6 nitrogen and oxygen atoms in total. The van der Waals surface area contributed by atoms with Gasteiger partial charge < -0.3 is 15.2 Å². The van der Waals surface area contributed by atoms with Crippen LogP contribution in [0.1, 0.15) is 25.5 Å². The number of nitrogens with two attached hydrogens (primary N) is 1. The van der Waals surface area contributed by atoms with E-state index in [9.17, 15) is 0 Å². The van der Waals surface area contributed by atoms with Crippen molar-refractivity contribution in [3.8, 4) is 17.2 Å². The molecular weight excluding hydrogens is 256 g/mol. The molecule has 0 saturated heterocycles. The van der Waals surface area contributed by atoms with E-state index in [1.54, 1.807) is 42.4 Å². The summed E-state index contributed by atoms with van der Waals surface area (Å²) in [4.78, 5) is 0. The van der Waals surface area contributed by atoms with Crippen molar-refractivity contribution in [1.29, 1.82) is 5.41 Å². The molecule has 3 N–H and O–H groups in total. The van der Waals surface area contributed by atoms with Gasteiger partial charge in [-0.15, -0.1) is 0 Å². The zero-order valence-corrected chi connectivity index (χ0v) is 11.8. The minimum atomic E-state index is -0.0566. The fourth-order valence-electron chi connectivity index (χ4n) is 1.72. The van der Waals surface area contributed by atoms with Crippen molar-refractivity contribution in [2.24, 2.45) is 5.73 Å². The molecule has 0 aliphatic carbocycles. The van der Waals surface area contributed by atoms with Crippen LogP contribution in [0.25, 0.3) is 0 Å². The number of rotatable bonds is 5. The second kappa shape index (κ2) is 5.64. The first-order valence-electron chi connectivity index (χ1n) is 6.25. The molecule has 2 aromatic rings. The highest BCUT2D eigenvalue weighted by Crippen LogP contribution is 2.29. The second-order valence-electron chi connectivity index (χ2n) is 4.63. The van der Waals surface area contributed by atoms with Gasteiger partial charge in [-0.1, -0.05) is 0 Å². The monoisotopic (exact) mass is 274 g/mol. The number of hydrogen-bond donors (Lipinski definition) is 2. The molecule has 0 fully saturated rings. The number of nitrogen functional groups attached to an aromatic ring is 1. The Bertz CT molecular complexity index is 619. The molecule has 0 radical (unpaired) electrons. The number of benzene rings is 1. The summed E-state index contributed by atoms with van der Waals surface area (Å²) in [5, 5.41) is 11.8. The van der Waals surface area contributed by atoms with Crippen LogP contribution in [-0.4, -0.2) is 22.7 Å². The van der Waals surface area contributed by atoms with Crippen molar-refractivity contribution < 1.29 is 9.47 Å². The third-order valence-electron chi connectivity index (χ3n) is 2.81. The zero-order chi connectivity index (χ0) is 14.7. The molecule has 0 atom stereocenters. The van der Waals surface area contributed by atoms with Crippen LogP contribution in [0.3, 0.4) is 0 Å². The summed E-state index contributed by atoms with van der Waals surface area (Å²) in [5.41, 5.74) is 6.07. The maximum Gasteiger partial charge on any atom is 0.165 e. The summed E-state index contributed by atoms with van der Waals surface area (Å²) in [6.45, 7) is 4.06. The van der Waals surface area contributed by atoms with Gasteiger partial charge in [-0.05, 0) is 26.0 Å². The lowest BCUT2D eigenvalue weighted by Gasteiger charge is -2.10. The van der Waals surface area contributed by atoms with Crippen molar-refractivity contribution in [2.75, 3.05) is 7.11 Å². The van der Waals surface area contributed by atoms with Gasteiger partial charge in [-0.3, -0.25) is 10.1 Å². The highest BCUT2D eigenvalue weighted by Gasteiger charge is 2.11. The third-order valence-corrected chi connectivity index (χ3v) is 2.81. The summed E-state index contributed by atoms with van der Waals surface area (Å²) in [6, 6.07) is 5.39. The fraction of sp³-hybridized carbons (Fsp3) is 0.286. The Kier molecular flexibility index (Phi) is 3.93. The van der Waals surface area contributed by atoms with E-state index in [-0.39, 0.29) is 11.9 Å². The van der Waals surface area contributed by atoms with Gasteiger partial charge in [0, 0.05) is 12.1 Å². The van der Waals surface area contributed by atoms with Gasteiger partial charge in [0.2, 0.25) is 0 Å². The van der Waals surface area contributed by atoms with Crippen LogP contribution in [0.15, 0.2) is 30.6 Å². The summed E-state index contributed by atoms with van der Waals surface area (Å²) in [7, 11) is 1.57. The molecule has 0 bridgehead atoms. The van der Waals surface area contributed by atoms with Crippen LogP contribution in [0.5, 0.6) is 17.2 Å². The van der Waals surface area contributed by atoms with E-state index in [0.29, 0.717) is 22.8 Å². The Labute approximate surface area is 117 Å². The Morgan fingerprint density at radius 2 is 2.10 bits per heavy atom. The van der Waals surface area contributed by atoms with Crippen LogP contribution in [-0.2, 0) is 0 Å². The molecule has 1 aromatic heterocycles. The average molecular weight is 274 g/mol. The Morgan fingerprint density at radius 1 is 1.35 bits per heavy atom. The van der Waals surface area contributed by atoms with Crippen molar-refractivity contribution >= 4 is 5.84 Å². The molecule has 1 aromatic carbocycles. The van der Waals surface area contributed by atoms with Crippen LogP contribution < -0.4 is 15.2 Å². The van der Waals surface area contributed by atoms with Crippen molar-refractivity contribution in [2.45, 2.75) is 19.9 Å². The standard InChI is InChI=1S/C14H18N4O2/c1-9(2)18-8-11(7-17-18)20-13-6-10(19-3)4-5-12(13)14(15)16/h4-9H,1-3H3,(H3,15,16). The fourth-order valence-corrected chi connectivity index (χ4v) is 1.72. The van der Waals surface area contributed by atoms with Gasteiger partial charge in [0.25, 0.3) is 0 Å². The maximum absolute atomic E-state index is 7.58. The normalized spacial score (nSPS) is 10.6. The van der Waals surface area contributed by atoms with Gasteiger partial charge in [-0.2, -0.15) is 5.10 Å². The number of hydrogen-bond acceptors (Lipinski definition) is 4. The molecule has 0 aliphatic heterocycles. The van der Waals surface area contributed by atoms with Crippen molar-refractivity contribution in [3.05, 3.63) is 36.2 Å². The molecule has 0 unspecified atom stereocenters. The van der Waals surface area contributed by atoms with E-state index in [1.807, 2.05) is 13.8 Å². The molecule has 0 saturated carbocycles. The Morgan fingerprint density at radius 3 is 2.65 bits per heavy atom. The van der Waals surface area contributed by atoms with E-state index in [1.165, 1.54) is 0 Å². The van der Waals surface area contributed by atoms with E-state index in [0.717, 1.165) is 0 Å². The van der Waals surface area contributed by atoms with Gasteiger partial charge in [-0.25, -0.2) is 0 Å². The smallest absolute Gasteiger partial charge is 0.165 e. The van der Waals surface area contributed by atoms with Gasteiger partial charge in [0.15, 0.2) is 5.75 Å². The topological polar surface area (TPSA) is 86.2 Å². The molecule has 1 heterocycles. The molecule has 0 amide bonds. The summed E-state index contributed by atoms with van der Waals surface area (Å²) in [5.74, 6) is 1.65. The average Bonchev–Trinajstić information content (AvgIpc) is 2.87. The molecule has 0 aliphatic rings. The van der Waals surface area contributed by atoms with Crippen LogP contribution >= 0.6 is 0 Å². The maximum atomic E-state index is 7.58. The lowest BCUT2D eigenvalue weighted by Crippen LogP contribution is -2.12. The second-order valence-corrected chi connectivity index (χ2v) is 4.63. The Hall–Kier alpha value is -2.50. The van der Waals surface area contributed by atoms with Crippen molar-refractivity contribution in [1.82, 2.24) is 9.78 Å². The predicted octanol–water partition coefficient (Wildman–Crippen LogP) is 2.55. The quantitative estimate of drug-likeness (QED) is 0.648. The number of ether oxygens (including phenoxy) is 2. The van der Waals surface area contributed by atoms with Crippen LogP contribution in [0, 0.1) is 5.41 Å². The molecule has 2 rings (SSSR count). The van der Waals surface area contributed by atoms with Crippen molar-refractivity contribution in [3.63, 3.8) is 0 Å². The molecule has 6 heteroatoms. The SMILES string of the molecule is COc1ccc(C(=N)N)c(Oc2cnn(C(C)C)c2)c1. The predicted molar refractivity (Wildman–Crippen MR) is 76.7 cm³/mol. The number of methoxy groups -OCH3 is 1. The lowest BCUT2D eigenvalue weighted by molar-refractivity contribution is 0.408. The molecule has 20 heavy (non-hydrogen) atoms. The van der Waals surface area contributed by atoms with Crippen LogP contribution in [0.4, 0.5) is 0 Å². The Balaban J connectivity index is 2.32. The van der Waals surface area contributed by atoms with Gasteiger partial charge in [0.1, 0.15) is 17.3 Å². The van der Waals surface area contributed by atoms with E-state index in [4.69, 9.17) is 20.6 Å². The highest BCUT2D eigenvalue weighted by atomic mass is 16.5.